The summed E-state index contributed by atoms with van der Waals surface area (Å²) in [5.41, 5.74) is 0.320. The maximum Gasteiger partial charge on any atom is 0.330 e. The fourth-order valence-corrected chi connectivity index (χ4v) is 1.39. The Kier molecular flexibility index (Phi) is 3.02. The smallest absolute Gasteiger partial charge is 0.330 e. The van der Waals surface area contributed by atoms with Gasteiger partial charge in [-0.1, -0.05) is 13.3 Å². The zero-order valence-electron chi connectivity index (χ0n) is 7.47. The number of aromatic nitrogens is 2. The molecule has 1 aromatic rings. The third-order valence-corrected chi connectivity index (χ3v) is 2.12. The van der Waals surface area contributed by atoms with Crippen LogP contribution in [-0.4, -0.2) is 22.9 Å². The highest BCUT2D eigenvalue weighted by Crippen LogP contribution is 2.10. The lowest BCUT2D eigenvalue weighted by Crippen LogP contribution is -2.09. The Labute approximate surface area is 81.4 Å². The Hall–Kier alpha value is -1.21. The molecule has 0 fully saturated rings. The van der Waals surface area contributed by atoms with Gasteiger partial charge >= 0.3 is 10.1 Å². The van der Waals surface area contributed by atoms with Crippen LogP contribution in [0.25, 0.3) is 0 Å². The number of aryl methyl sites for hydroxylation is 1. The van der Waals surface area contributed by atoms with Crippen molar-refractivity contribution in [3.05, 3.63) is 11.8 Å². The summed E-state index contributed by atoms with van der Waals surface area (Å²) < 4.78 is 29.9. The van der Waals surface area contributed by atoms with Crippen molar-refractivity contribution in [1.82, 2.24) is 9.97 Å². The fourth-order valence-electron chi connectivity index (χ4n) is 0.949. The summed E-state index contributed by atoms with van der Waals surface area (Å²) >= 11 is 0. The normalized spacial score (nSPS) is 11.6. The first-order valence-electron chi connectivity index (χ1n) is 3.96. The summed E-state index contributed by atoms with van der Waals surface area (Å²) in [7, 11) is -4.49. The number of hydrogen-bond donors (Lipinski definition) is 1. The molecule has 0 saturated carbocycles. The lowest BCUT2D eigenvalue weighted by molar-refractivity contribution is -0.275. The van der Waals surface area contributed by atoms with Crippen molar-refractivity contribution >= 4 is 10.1 Å². The van der Waals surface area contributed by atoms with Gasteiger partial charge in [0.1, 0.15) is 0 Å². The molecule has 0 aliphatic heterocycles. The molecule has 7 heteroatoms. The van der Waals surface area contributed by atoms with Gasteiger partial charge in [0.25, 0.3) is 5.16 Å². The SMILES string of the molecule is CCCc1cc([O-])nc(S(=O)(=O)O)n1. The van der Waals surface area contributed by atoms with E-state index in [1.165, 1.54) is 0 Å². The van der Waals surface area contributed by atoms with E-state index >= 15 is 0 Å². The van der Waals surface area contributed by atoms with Crippen molar-refractivity contribution in [3.8, 4) is 5.88 Å². The molecule has 0 aliphatic carbocycles. The fraction of sp³-hybridized carbons (Fsp3) is 0.429. The molecule has 0 radical (unpaired) electrons. The highest BCUT2D eigenvalue weighted by Gasteiger charge is 2.13. The van der Waals surface area contributed by atoms with Gasteiger partial charge in [-0.05, 0) is 18.4 Å². The Morgan fingerprint density at radius 3 is 2.64 bits per heavy atom. The zero-order chi connectivity index (χ0) is 10.8. The van der Waals surface area contributed by atoms with E-state index in [1.807, 2.05) is 6.92 Å². The van der Waals surface area contributed by atoms with E-state index in [-0.39, 0.29) is 0 Å². The molecule has 0 amide bonds. The standard InChI is InChI=1S/C7H10N2O4S/c1-2-3-5-4-6(10)9-7(8-5)14(11,12)13/h4H,2-3H2,1H3,(H,8,9,10)(H,11,12,13)/p-1. The zero-order valence-corrected chi connectivity index (χ0v) is 8.28. The summed E-state index contributed by atoms with van der Waals surface area (Å²) in [5, 5.41) is 10.1. The number of nitrogens with zero attached hydrogens (tertiary/aromatic N) is 2. The monoisotopic (exact) mass is 217 g/mol. The maximum absolute atomic E-state index is 10.9. The van der Waals surface area contributed by atoms with E-state index in [0.29, 0.717) is 12.1 Å². The predicted octanol–water partition coefficient (Wildman–Crippen LogP) is -0.251. The lowest BCUT2D eigenvalue weighted by atomic mass is 10.2. The molecular formula is C7H9N2O4S-. The Balaban J connectivity index is 3.21. The topological polar surface area (TPSA) is 103 Å². The largest absolute Gasteiger partial charge is 0.858 e. The first-order chi connectivity index (χ1) is 6.43. The third kappa shape index (κ3) is 2.64. The summed E-state index contributed by atoms with van der Waals surface area (Å²) in [5.74, 6) is -0.712. The van der Waals surface area contributed by atoms with Crippen LogP contribution >= 0.6 is 0 Å². The minimum absolute atomic E-state index is 0.320. The van der Waals surface area contributed by atoms with Gasteiger partial charge in [0.15, 0.2) is 0 Å². The molecule has 0 saturated heterocycles. The second kappa shape index (κ2) is 3.89. The molecule has 1 aromatic heterocycles. The van der Waals surface area contributed by atoms with Crippen LogP contribution in [0.3, 0.4) is 0 Å². The highest BCUT2D eigenvalue weighted by atomic mass is 32.2. The molecule has 0 bridgehead atoms. The van der Waals surface area contributed by atoms with Crippen LogP contribution < -0.4 is 5.11 Å². The summed E-state index contributed by atoms with van der Waals surface area (Å²) in [4.78, 5) is 6.63. The molecule has 1 rings (SSSR count). The molecule has 0 spiro atoms. The van der Waals surface area contributed by atoms with E-state index in [4.69, 9.17) is 4.55 Å². The van der Waals surface area contributed by atoms with E-state index in [9.17, 15) is 13.5 Å². The average Bonchev–Trinajstić information content (AvgIpc) is 2.02. The molecule has 14 heavy (non-hydrogen) atoms. The minimum Gasteiger partial charge on any atom is -0.858 e. The number of rotatable bonds is 3. The van der Waals surface area contributed by atoms with Crippen LogP contribution in [-0.2, 0) is 16.5 Å². The molecule has 1 N–H and O–H groups in total. The van der Waals surface area contributed by atoms with Crippen LogP contribution in [0.2, 0.25) is 0 Å². The Morgan fingerprint density at radius 1 is 1.50 bits per heavy atom. The van der Waals surface area contributed by atoms with Crippen LogP contribution in [0.1, 0.15) is 19.0 Å². The van der Waals surface area contributed by atoms with Gasteiger partial charge in [0.05, 0.1) is 0 Å². The van der Waals surface area contributed by atoms with E-state index in [1.54, 1.807) is 0 Å². The van der Waals surface area contributed by atoms with Crippen LogP contribution in [0.15, 0.2) is 11.2 Å². The van der Waals surface area contributed by atoms with Gasteiger partial charge in [-0.3, -0.25) is 4.55 Å². The van der Waals surface area contributed by atoms with Gasteiger partial charge in [-0.15, -0.1) is 0 Å². The molecule has 6 nitrogen and oxygen atoms in total. The first kappa shape index (κ1) is 10.9. The second-order valence-corrected chi connectivity index (χ2v) is 4.02. The molecule has 0 aliphatic rings. The predicted molar refractivity (Wildman–Crippen MR) is 45.3 cm³/mol. The van der Waals surface area contributed by atoms with Gasteiger partial charge in [0.2, 0.25) is 0 Å². The third-order valence-electron chi connectivity index (χ3n) is 1.47. The van der Waals surface area contributed by atoms with Crippen LogP contribution in [0.5, 0.6) is 5.88 Å². The Bertz CT molecular complexity index is 429. The van der Waals surface area contributed by atoms with Gasteiger partial charge in [-0.25, -0.2) is 9.97 Å². The molecular weight excluding hydrogens is 208 g/mol. The van der Waals surface area contributed by atoms with E-state index in [0.717, 1.165) is 12.5 Å². The molecule has 78 valence electrons. The van der Waals surface area contributed by atoms with Crippen molar-refractivity contribution < 1.29 is 18.1 Å². The van der Waals surface area contributed by atoms with Crippen molar-refractivity contribution in [1.29, 1.82) is 0 Å². The summed E-state index contributed by atoms with van der Waals surface area (Å²) in [6, 6.07) is 1.15. The quantitative estimate of drug-likeness (QED) is 0.553. The Morgan fingerprint density at radius 2 is 2.14 bits per heavy atom. The highest BCUT2D eigenvalue weighted by molar-refractivity contribution is 7.85. The van der Waals surface area contributed by atoms with Crippen molar-refractivity contribution in [2.24, 2.45) is 0 Å². The molecule has 0 aromatic carbocycles. The molecule has 0 atom stereocenters. The van der Waals surface area contributed by atoms with Gasteiger partial charge in [-0.2, -0.15) is 8.42 Å². The van der Waals surface area contributed by atoms with Crippen LogP contribution in [0, 0.1) is 0 Å². The van der Waals surface area contributed by atoms with Gasteiger partial charge in [0, 0.05) is 5.69 Å². The van der Waals surface area contributed by atoms with E-state index in [2.05, 4.69) is 9.97 Å². The van der Waals surface area contributed by atoms with E-state index < -0.39 is 21.2 Å². The number of hydrogen-bond acceptors (Lipinski definition) is 5. The maximum atomic E-state index is 10.9. The van der Waals surface area contributed by atoms with Crippen LogP contribution in [0.4, 0.5) is 0 Å². The molecule has 1 heterocycles. The molecule has 0 unspecified atom stereocenters. The first-order valence-corrected chi connectivity index (χ1v) is 5.40. The second-order valence-electron chi connectivity index (χ2n) is 2.71. The summed E-state index contributed by atoms with van der Waals surface area (Å²) in [6.07, 6.45) is 1.20. The van der Waals surface area contributed by atoms with Crippen molar-refractivity contribution in [3.63, 3.8) is 0 Å². The minimum atomic E-state index is -4.49. The van der Waals surface area contributed by atoms with Crippen molar-refractivity contribution in [2.45, 2.75) is 24.9 Å². The lowest BCUT2D eigenvalue weighted by Gasteiger charge is -2.07. The van der Waals surface area contributed by atoms with Gasteiger partial charge < -0.3 is 5.11 Å². The summed E-state index contributed by atoms with van der Waals surface area (Å²) in [6.45, 7) is 1.86. The van der Waals surface area contributed by atoms with Crippen molar-refractivity contribution in [2.75, 3.05) is 0 Å². The average molecular weight is 217 g/mol.